The maximum absolute atomic E-state index is 12.0. The minimum atomic E-state index is -1.10. The number of hydrogen-bond donors (Lipinski definition) is 0. The van der Waals surface area contributed by atoms with E-state index >= 15 is 0 Å². The summed E-state index contributed by atoms with van der Waals surface area (Å²) >= 11 is 0. The van der Waals surface area contributed by atoms with E-state index in [1.807, 2.05) is 0 Å². The standard InChI is InChI=1S/C12H14N2O6/c1-2-7(13-8(15)3-4-9(13)16)12(19)20-14-10(17)5-6-11(14)18/h7H,2-6H2,1H3. The number of hydroxylamine groups is 2. The molecular weight excluding hydrogens is 268 g/mol. The van der Waals surface area contributed by atoms with Crippen molar-refractivity contribution in [3.05, 3.63) is 0 Å². The molecule has 0 aromatic rings. The molecule has 0 aliphatic carbocycles. The second-order valence-electron chi connectivity index (χ2n) is 4.57. The van der Waals surface area contributed by atoms with Crippen LogP contribution in [0, 0.1) is 0 Å². The molecule has 0 radical (unpaired) electrons. The van der Waals surface area contributed by atoms with Crippen LogP contribution >= 0.6 is 0 Å². The third-order valence-electron chi connectivity index (χ3n) is 3.25. The highest BCUT2D eigenvalue weighted by atomic mass is 16.7. The van der Waals surface area contributed by atoms with E-state index in [0.29, 0.717) is 5.06 Å². The van der Waals surface area contributed by atoms with Gasteiger partial charge in [-0.1, -0.05) is 6.92 Å². The average molecular weight is 282 g/mol. The molecule has 20 heavy (non-hydrogen) atoms. The number of rotatable bonds is 4. The zero-order chi connectivity index (χ0) is 14.9. The number of nitrogens with zero attached hydrogens (tertiary/aromatic N) is 2. The second-order valence-corrected chi connectivity index (χ2v) is 4.57. The largest absolute Gasteiger partial charge is 0.355 e. The lowest BCUT2D eigenvalue weighted by atomic mass is 10.2. The minimum absolute atomic E-state index is 0.00944. The van der Waals surface area contributed by atoms with Gasteiger partial charge in [0.2, 0.25) is 11.8 Å². The Morgan fingerprint density at radius 2 is 1.45 bits per heavy atom. The molecule has 1 unspecified atom stereocenters. The highest BCUT2D eigenvalue weighted by molar-refractivity contribution is 6.06. The predicted molar refractivity (Wildman–Crippen MR) is 62.3 cm³/mol. The molecule has 4 amide bonds. The van der Waals surface area contributed by atoms with Crippen LogP contribution in [-0.2, 0) is 28.8 Å². The fourth-order valence-corrected chi connectivity index (χ4v) is 2.20. The Balaban J connectivity index is 2.10. The van der Waals surface area contributed by atoms with Gasteiger partial charge in [0.1, 0.15) is 6.04 Å². The van der Waals surface area contributed by atoms with E-state index in [1.54, 1.807) is 6.92 Å². The van der Waals surface area contributed by atoms with Crippen LogP contribution in [0.4, 0.5) is 0 Å². The highest BCUT2D eigenvalue weighted by Crippen LogP contribution is 2.20. The monoisotopic (exact) mass is 282 g/mol. The molecule has 2 fully saturated rings. The molecule has 0 N–H and O–H groups in total. The fraction of sp³-hybridized carbons (Fsp3) is 0.583. The van der Waals surface area contributed by atoms with Crippen molar-refractivity contribution in [2.75, 3.05) is 0 Å². The molecule has 2 aliphatic rings. The van der Waals surface area contributed by atoms with E-state index in [1.165, 1.54) is 0 Å². The number of carbonyl (C=O) groups is 5. The first-order chi connectivity index (χ1) is 9.45. The Morgan fingerprint density at radius 3 is 1.90 bits per heavy atom. The Kier molecular flexibility index (Phi) is 3.82. The molecule has 0 aromatic heterocycles. The quantitative estimate of drug-likeness (QED) is 0.645. The lowest BCUT2D eigenvalue weighted by molar-refractivity contribution is -0.201. The van der Waals surface area contributed by atoms with Crippen LogP contribution in [0.5, 0.6) is 0 Å². The molecule has 8 nitrogen and oxygen atoms in total. The van der Waals surface area contributed by atoms with E-state index in [4.69, 9.17) is 4.84 Å². The van der Waals surface area contributed by atoms with Gasteiger partial charge in [0.15, 0.2) is 0 Å². The minimum Gasteiger partial charge on any atom is -0.328 e. The molecule has 108 valence electrons. The first-order valence-corrected chi connectivity index (χ1v) is 6.38. The normalized spacial score (nSPS) is 20.9. The maximum atomic E-state index is 12.0. The van der Waals surface area contributed by atoms with Crippen molar-refractivity contribution in [3.8, 4) is 0 Å². The summed E-state index contributed by atoms with van der Waals surface area (Å²) in [5.41, 5.74) is 0. The molecule has 2 heterocycles. The summed E-state index contributed by atoms with van der Waals surface area (Å²) < 4.78 is 0. The van der Waals surface area contributed by atoms with Gasteiger partial charge in [-0.05, 0) is 6.42 Å². The van der Waals surface area contributed by atoms with Gasteiger partial charge < -0.3 is 4.84 Å². The fourth-order valence-electron chi connectivity index (χ4n) is 2.20. The van der Waals surface area contributed by atoms with Gasteiger partial charge in [-0.15, -0.1) is 5.06 Å². The first kappa shape index (κ1) is 14.2. The van der Waals surface area contributed by atoms with Gasteiger partial charge in [0, 0.05) is 25.7 Å². The topological polar surface area (TPSA) is 101 Å². The number of hydrogen-bond acceptors (Lipinski definition) is 6. The molecule has 0 bridgehead atoms. The maximum Gasteiger partial charge on any atom is 0.355 e. The van der Waals surface area contributed by atoms with Crippen molar-refractivity contribution in [3.63, 3.8) is 0 Å². The van der Waals surface area contributed by atoms with Crippen molar-refractivity contribution in [2.24, 2.45) is 0 Å². The number of amides is 4. The summed E-state index contributed by atoms with van der Waals surface area (Å²) in [6.07, 6.45) is 0.260. The summed E-state index contributed by atoms with van der Waals surface area (Å²) in [5, 5.41) is 0.413. The van der Waals surface area contributed by atoms with Gasteiger partial charge in [-0.2, -0.15) is 0 Å². The number of likely N-dealkylation sites (tertiary alicyclic amines) is 1. The Hall–Kier alpha value is -2.25. The molecule has 0 aromatic carbocycles. The lowest BCUT2D eigenvalue weighted by Gasteiger charge is -2.24. The van der Waals surface area contributed by atoms with E-state index in [9.17, 15) is 24.0 Å². The number of carbonyl (C=O) groups excluding carboxylic acids is 5. The molecule has 1 atom stereocenters. The van der Waals surface area contributed by atoms with Crippen LogP contribution in [0.1, 0.15) is 39.0 Å². The van der Waals surface area contributed by atoms with Crippen molar-refractivity contribution in [1.82, 2.24) is 9.96 Å². The summed E-state index contributed by atoms with van der Waals surface area (Å²) in [6, 6.07) is -1.10. The van der Waals surface area contributed by atoms with Crippen molar-refractivity contribution in [1.29, 1.82) is 0 Å². The second kappa shape index (κ2) is 5.40. The van der Waals surface area contributed by atoms with Gasteiger partial charge in [-0.25, -0.2) is 4.79 Å². The predicted octanol–water partition coefficient (Wildman–Crippen LogP) is -0.479. The van der Waals surface area contributed by atoms with Crippen molar-refractivity contribution in [2.45, 2.75) is 45.1 Å². The zero-order valence-corrected chi connectivity index (χ0v) is 11.0. The van der Waals surface area contributed by atoms with Crippen LogP contribution in [0.15, 0.2) is 0 Å². The Morgan fingerprint density at radius 1 is 1.00 bits per heavy atom. The van der Waals surface area contributed by atoms with Crippen molar-refractivity contribution < 1.29 is 28.8 Å². The van der Waals surface area contributed by atoms with Gasteiger partial charge in [-0.3, -0.25) is 24.1 Å². The van der Waals surface area contributed by atoms with E-state index in [2.05, 4.69) is 0 Å². The molecule has 2 rings (SSSR count). The van der Waals surface area contributed by atoms with Gasteiger partial charge >= 0.3 is 5.97 Å². The van der Waals surface area contributed by atoms with Gasteiger partial charge in [0.05, 0.1) is 0 Å². The molecule has 8 heteroatoms. The van der Waals surface area contributed by atoms with E-state index in [0.717, 1.165) is 4.90 Å². The van der Waals surface area contributed by atoms with Crippen LogP contribution in [-0.4, -0.2) is 45.6 Å². The third-order valence-corrected chi connectivity index (χ3v) is 3.25. The van der Waals surface area contributed by atoms with Crippen LogP contribution in [0.2, 0.25) is 0 Å². The molecule has 0 spiro atoms. The lowest BCUT2D eigenvalue weighted by Crippen LogP contribution is -2.47. The molecule has 0 saturated carbocycles. The van der Waals surface area contributed by atoms with Gasteiger partial charge in [0.25, 0.3) is 11.8 Å². The summed E-state index contributed by atoms with van der Waals surface area (Å²) in [5.74, 6) is -3.04. The zero-order valence-electron chi connectivity index (χ0n) is 11.0. The Labute approximate surface area is 114 Å². The SMILES string of the molecule is CCC(C(=O)ON1C(=O)CCC1=O)N1C(=O)CCC1=O. The number of imide groups is 2. The smallest absolute Gasteiger partial charge is 0.328 e. The van der Waals surface area contributed by atoms with E-state index < -0.39 is 35.6 Å². The van der Waals surface area contributed by atoms with E-state index in [-0.39, 0.29) is 32.1 Å². The molecular formula is C12H14N2O6. The third kappa shape index (κ3) is 2.40. The van der Waals surface area contributed by atoms with Crippen LogP contribution < -0.4 is 0 Å². The molecule has 2 aliphatic heterocycles. The average Bonchev–Trinajstić information content (AvgIpc) is 2.89. The molecule has 2 saturated heterocycles. The van der Waals surface area contributed by atoms with Crippen LogP contribution in [0.3, 0.4) is 0 Å². The summed E-state index contributed by atoms with van der Waals surface area (Å²) in [6.45, 7) is 1.61. The van der Waals surface area contributed by atoms with Crippen molar-refractivity contribution >= 4 is 29.6 Å². The Bertz CT molecular complexity index is 468. The van der Waals surface area contributed by atoms with Crippen LogP contribution in [0.25, 0.3) is 0 Å². The summed E-state index contributed by atoms with van der Waals surface area (Å²) in [7, 11) is 0. The summed E-state index contributed by atoms with van der Waals surface area (Å²) in [4.78, 5) is 63.5. The first-order valence-electron chi connectivity index (χ1n) is 6.38. The highest BCUT2D eigenvalue weighted by Gasteiger charge is 2.41.